The monoisotopic (exact) mass is 257 g/mol. The number of rotatable bonds is 5. The summed E-state index contributed by atoms with van der Waals surface area (Å²) in [4.78, 5) is 7.19. The van der Waals surface area contributed by atoms with Crippen LogP contribution in [0.25, 0.3) is 11.0 Å². The molecule has 0 saturated carbocycles. The fourth-order valence-electron chi connectivity index (χ4n) is 2.04. The van der Waals surface area contributed by atoms with Gasteiger partial charge in [-0.1, -0.05) is 12.1 Å². The molecule has 0 aliphatic heterocycles. The smallest absolute Gasteiger partial charge is 0.176 e. The van der Waals surface area contributed by atoms with E-state index >= 15 is 0 Å². The van der Waals surface area contributed by atoms with Crippen molar-refractivity contribution in [1.29, 1.82) is 0 Å². The summed E-state index contributed by atoms with van der Waals surface area (Å²) in [5.74, 6) is 2.55. The molecule has 0 atom stereocenters. The van der Waals surface area contributed by atoms with Crippen molar-refractivity contribution in [1.82, 2.24) is 15.3 Å². The number of imidazole rings is 1. The van der Waals surface area contributed by atoms with Crippen LogP contribution in [0.1, 0.15) is 11.6 Å². The van der Waals surface area contributed by atoms with Gasteiger partial charge in [0.25, 0.3) is 0 Å². The van der Waals surface area contributed by atoms with Crippen molar-refractivity contribution in [2.24, 2.45) is 0 Å². The average Bonchev–Trinajstić information content (AvgIpc) is 3.06. The summed E-state index contributed by atoms with van der Waals surface area (Å²) in [6, 6.07) is 7.88. The zero-order valence-electron chi connectivity index (χ0n) is 10.6. The van der Waals surface area contributed by atoms with Gasteiger partial charge in [0.1, 0.15) is 11.6 Å². The summed E-state index contributed by atoms with van der Waals surface area (Å²) in [7, 11) is 1.64. The molecule has 0 fully saturated rings. The first-order valence-electron chi connectivity index (χ1n) is 6.11. The van der Waals surface area contributed by atoms with Crippen molar-refractivity contribution in [2.75, 3.05) is 7.11 Å². The van der Waals surface area contributed by atoms with Gasteiger partial charge in [-0.3, -0.25) is 0 Å². The zero-order chi connectivity index (χ0) is 13.1. The van der Waals surface area contributed by atoms with Crippen molar-refractivity contribution in [3.63, 3.8) is 0 Å². The molecule has 0 spiro atoms. The molecule has 19 heavy (non-hydrogen) atoms. The molecule has 0 bridgehead atoms. The van der Waals surface area contributed by atoms with Gasteiger partial charge >= 0.3 is 0 Å². The molecule has 0 unspecified atom stereocenters. The topological polar surface area (TPSA) is 63.1 Å². The maximum atomic E-state index is 5.79. The van der Waals surface area contributed by atoms with Crippen molar-refractivity contribution in [2.45, 2.75) is 13.1 Å². The number of hydrogen-bond donors (Lipinski definition) is 2. The molecular weight excluding hydrogens is 242 g/mol. The number of aromatic nitrogens is 2. The Morgan fingerprint density at radius 1 is 1.37 bits per heavy atom. The Morgan fingerprint density at radius 2 is 2.32 bits per heavy atom. The minimum absolute atomic E-state index is 0.651. The molecule has 98 valence electrons. The predicted octanol–water partition coefficient (Wildman–Crippen LogP) is 2.45. The van der Waals surface area contributed by atoms with Crippen LogP contribution in [0, 0.1) is 0 Å². The van der Waals surface area contributed by atoms with Crippen molar-refractivity contribution >= 4 is 11.0 Å². The number of furan rings is 1. The molecule has 3 rings (SSSR count). The highest BCUT2D eigenvalue weighted by atomic mass is 16.5. The van der Waals surface area contributed by atoms with E-state index in [0.717, 1.165) is 28.3 Å². The molecular formula is C14H15N3O2. The van der Waals surface area contributed by atoms with Crippen molar-refractivity contribution < 1.29 is 9.15 Å². The van der Waals surface area contributed by atoms with Crippen LogP contribution < -0.4 is 10.1 Å². The number of H-pyrrole nitrogens is 1. The molecule has 1 aromatic carbocycles. The van der Waals surface area contributed by atoms with Crippen molar-refractivity contribution in [3.8, 4) is 5.75 Å². The number of para-hydroxylation sites is 1. The van der Waals surface area contributed by atoms with Gasteiger partial charge in [0.2, 0.25) is 0 Å². The summed E-state index contributed by atoms with van der Waals surface area (Å²) in [5, 5.41) is 4.32. The number of benzene rings is 1. The van der Waals surface area contributed by atoms with Gasteiger partial charge in [0.15, 0.2) is 11.3 Å². The van der Waals surface area contributed by atoms with Crippen LogP contribution in [0.2, 0.25) is 0 Å². The Morgan fingerprint density at radius 3 is 3.11 bits per heavy atom. The van der Waals surface area contributed by atoms with E-state index in [1.807, 2.05) is 30.5 Å². The van der Waals surface area contributed by atoms with E-state index in [-0.39, 0.29) is 0 Å². The lowest BCUT2D eigenvalue weighted by atomic mass is 10.2. The molecule has 0 aliphatic carbocycles. The fraction of sp³-hybridized carbons (Fsp3) is 0.214. The molecule has 0 radical (unpaired) electrons. The van der Waals surface area contributed by atoms with Gasteiger partial charge in [-0.25, -0.2) is 4.98 Å². The van der Waals surface area contributed by atoms with Crippen molar-refractivity contribution in [3.05, 3.63) is 48.2 Å². The van der Waals surface area contributed by atoms with Gasteiger partial charge in [0.05, 0.1) is 20.2 Å². The van der Waals surface area contributed by atoms with E-state index in [1.165, 1.54) is 0 Å². The molecule has 0 amide bonds. The molecule has 5 heteroatoms. The van der Waals surface area contributed by atoms with Gasteiger partial charge in [0, 0.05) is 17.8 Å². The zero-order valence-corrected chi connectivity index (χ0v) is 10.6. The molecule has 2 heterocycles. The Balaban J connectivity index is 1.71. The molecule has 0 aliphatic rings. The third-order valence-electron chi connectivity index (χ3n) is 2.93. The van der Waals surface area contributed by atoms with Gasteiger partial charge in [-0.2, -0.15) is 0 Å². The minimum atomic E-state index is 0.651. The Hall–Kier alpha value is -2.27. The summed E-state index contributed by atoms with van der Waals surface area (Å²) in [6.07, 6.45) is 3.55. The highest BCUT2D eigenvalue weighted by Crippen LogP contribution is 2.28. The summed E-state index contributed by atoms with van der Waals surface area (Å²) >= 11 is 0. The molecule has 3 aromatic rings. The Kier molecular flexibility index (Phi) is 3.20. The lowest BCUT2D eigenvalue weighted by Crippen LogP contribution is -2.13. The maximum Gasteiger partial charge on any atom is 0.176 e. The number of aromatic amines is 1. The molecule has 2 aromatic heterocycles. The van der Waals surface area contributed by atoms with E-state index in [2.05, 4.69) is 15.3 Å². The van der Waals surface area contributed by atoms with Crippen LogP contribution in [0.4, 0.5) is 0 Å². The summed E-state index contributed by atoms with van der Waals surface area (Å²) in [6.45, 7) is 1.33. The van der Waals surface area contributed by atoms with Crippen LogP contribution in [0.5, 0.6) is 5.75 Å². The van der Waals surface area contributed by atoms with Crippen LogP contribution in [-0.2, 0) is 13.1 Å². The van der Waals surface area contributed by atoms with Gasteiger partial charge in [-0.15, -0.1) is 0 Å². The third-order valence-corrected chi connectivity index (χ3v) is 2.93. The van der Waals surface area contributed by atoms with E-state index in [9.17, 15) is 0 Å². The second kappa shape index (κ2) is 5.16. The second-order valence-electron chi connectivity index (χ2n) is 4.23. The largest absolute Gasteiger partial charge is 0.493 e. The number of fused-ring (bicyclic) bond motifs is 1. The van der Waals surface area contributed by atoms with Crippen LogP contribution in [-0.4, -0.2) is 17.1 Å². The highest BCUT2D eigenvalue weighted by Gasteiger charge is 2.08. The molecule has 0 saturated heterocycles. The van der Waals surface area contributed by atoms with E-state index in [0.29, 0.717) is 13.1 Å². The normalized spacial score (nSPS) is 11.0. The lowest BCUT2D eigenvalue weighted by molar-refractivity contribution is 0.406. The van der Waals surface area contributed by atoms with Gasteiger partial charge in [-0.05, 0) is 12.1 Å². The number of nitrogens with one attached hydrogen (secondary N) is 2. The SMILES string of the molecule is COc1cccc2cc(CNCc3ncc[nH]3)oc12. The Bertz CT molecular complexity index is 658. The highest BCUT2D eigenvalue weighted by molar-refractivity contribution is 5.83. The first-order valence-corrected chi connectivity index (χ1v) is 6.11. The molecule has 5 nitrogen and oxygen atoms in total. The summed E-state index contributed by atoms with van der Waals surface area (Å²) in [5.41, 5.74) is 0.791. The minimum Gasteiger partial charge on any atom is -0.493 e. The van der Waals surface area contributed by atoms with E-state index < -0.39 is 0 Å². The third kappa shape index (κ3) is 2.46. The summed E-state index contributed by atoms with van der Waals surface area (Å²) < 4.78 is 11.1. The number of nitrogens with zero attached hydrogens (tertiary/aromatic N) is 1. The average molecular weight is 257 g/mol. The standard InChI is InChI=1S/C14H15N3O2/c1-18-12-4-2-3-10-7-11(19-14(10)12)8-15-9-13-16-5-6-17-13/h2-7,15H,8-9H2,1H3,(H,16,17). The lowest BCUT2D eigenvalue weighted by Gasteiger charge is -2.00. The van der Waals surface area contributed by atoms with Crippen LogP contribution in [0.15, 0.2) is 41.1 Å². The van der Waals surface area contributed by atoms with E-state index in [1.54, 1.807) is 13.3 Å². The second-order valence-corrected chi connectivity index (χ2v) is 4.23. The van der Waals surface area contributed by atoms with Gasteiger partial charge < -0.3 is 19.5 Å². The number of hydrogen-bond acceptors (Lipinski definition) is 4. The number of ether oxygens (including phenoxy) is 1. The van der Waals surface area contributed by atoms with E-state index in [4.69, 9.17) is 9.15 Å². The first kappa shape index (κ1) is 11.8. The number of methoxy groups -OCH3 is 1. The predicted molar refractivity (Wildman–Crippen MR) is 71.9 cm³/mol. The fourth-order valence-corrected chi connectivity index (χ4v) is 2.04. The maximum absolute atomic E-state index is 5.79. The van der Waals surface area contributed by atoms with Crippen LogP contribution in [0.3, 0.4) is 0 Å². The van der Waals surface area contributed by atoms with Crippen LogP contribution >= 0.6 is 0 Å². The molecule has 2 N–H and O–H groups in total. The Labute approximate surface area is 110 Å². The first-order chi connectivity index (χ1) is 9.36. The quantitative estimate of drug-likeness (QED) is 0.737.